The number of nitrogens with one attached hydrogen (secondary N) is 1. The third-order valence-corrected chi connectivity index (χ3v) is 6.63. The third kappa shape index (κ3) is 7.21. The summed E-state index contributed by atoms with van der Waals surface area (Å²) in [5.41, 5.74) is -2.21. The van der Waals surface area contributed by atoms with Crippen molar-refractivity contribution in [2.45, 2.75) is 25.2 Å². The summed E-state index contributed by atoms with van der Waals surface area (Å²) < 4.78 is 97.6. The maximum Gasteiger partial charge on any atom is 0.417 e. The molecule has 0 fully saturated rings. The quantitative estimate of drug-likeness (QED) is 0.167. The molecule has 0 spiro atoms. The van der Waals surface area contributed by atoms with E-state index < -0.39 is 58.7 Å². The number of benzene rings is 3. The molecule has 1 atom stereocenters. The molecule has 0 aliphatic carbocycles. The molecule has 0 amide bonds. The van der Waals surface area contributed by atoms with Crippen LogP contribution < -0.4 is 5.32 Å². The Balaban J connectivity index is 1.97. The predicted molar refractivity (Wildman–Crippen MR) is 135 cm³/mol. The van der Waals surface area contributed by atoms with E-state index in [0.717, 1.165) is 29.8 Å². The Morgan fingerprint density at radius 1 is 0.921 bits per heavy atom. The average molecular weight is 599 g/mol. The number of halogens is 10. The van der Waals surface area contributed by atoms with Crippen LogP contribution in [-0.4, -0.2) is 18.5 Å². The van der Waals surface area contributed by atoms with Crippen molar-refractivity contribution < 1.29 is 35.5 Å². The van der Waals surface area contributed by atoms with E-state index >= 15 is 0 Å². The Morgan fingerprint density at radius 2 is 1.50 bits per heavy atom. The Labute approximate surface area is 228 Å². The monoisotopic (exact) mass is 597 g/mol. The summed E-state index contributed by atoms with van der Waals surface area (Å²) in [6, 6.07) is 10.2. The lowest BCUT2D eigenvalue weighted by atomic mass is 9.95. The molecular weight excluding hydrogens is 582 g/mol. The Bertz CT molecular complexity index is 1340. The highest BCUT2D eigenvalue weighted by atomic mass is 35.5. The summed E-state index contributed by atoms with van der Waals surface area (Å²) in [7, 11) is 0. The van der Waals surface area contributed by atoms with Gasteiger partial charge in [-0.2, -0.15) is 26.3 Å². The number of alkyl halides is 6. The standard InChI is InChI=1S/C26H17Cl3F7NO/c1-13-2-5-16(6-3-13)37-12-23(38)17-7-4-14(8-19(17)26(34,35)36)22(30)11-18(25(31,32)33)15-9-20(27)24(29)21(28)10-15/h2-11,18,37H,12H2,1H3/b22-11-. The van der Waals surface area contributed by atoms with Gasteiger partial charge in [0.15, 0.2) is 5.78 Å². The van der Waals surface area contributed by atoms with Crippen LogP contribution in [0.1, 0.15) is 38.5 Å². The number of hydrogen-bond donors (Lipinski definition) is 1. The minimum atomic E-state index is -5.09. The molecule has 12 heteroatoms. The number of rotatable bonds is 7. The van der Waals surface area contributed by atoms with Crippen LogP contribution in [0.3, 0.4) is 0 Å². The van der Waals surface area contributed by atoms with Crippen LogP contribution in [0, 0.1) is 6.92 Å². The zero-order valence-corrected chi connectivity index (χ0v) is 21.5. The third-order valence-electron chi connectivity index (χ3n) is 5.44. The molecule has 1 unspecified atom stereocenters. The van der Waals surface area contributed by atoms with Crippen LogP contribution in [0.25, 0.3) is 5.83 Å². The van der Waals surface area contributed by atoms with Gasteiger partial charge in [-0.05, 0) is 48.9 Å². The lowest BCUT2D eigenvalue weighted by molar-refractivity contribution is -0.140. The Kier molecular flexibility index (Phi) is 9.06. The highest BCUT2D eigenvalue weighted by molar-refractivity contribution is 6.48. The van der Waals surface area contributed by atoms with Crippen LogP contribution >= 0.6 is 34.8 Å². The highest BCUT2D eigenvalue weighted by Gasteiger charge is 2.41. The molecule has 2 nitrogen and oxygen atoms in total. The van der Waals surface area contributed by atoms with Gasteiger partial charge in [-0.3, -0.25) is 4.79 Å². The number of Topliss-reactive ketones (excluding diaryl/α,β-unsaturated/α-hetero) is 1. The van der Waals surface area contributed by atoms with E-state index in [9.17, 15) is 35.5 Å². The van der Waals surface area contributed by atoms with Crippen molar-refractivity contribution in [3.8, 4) is 0 Å². The van der Waals surface area contributed by atoms with Crippen molar-refractivity contribution in [3.05, 3.63) is 104 Å². The van der Waals surface area contributed by atoms with Gasteiger partial charge in [0.25, 0.3) is 0 Å². The number of carbonyl (C=O) groups excluding carboxylic acids is 1. The maximum atomic E-state index is 15.0. The number of hydrogen-bond acceptors (Lipinski definition) is 2. The molecule has 0 saturated carbocycles. The first-order chi connectivity index (χ1) is 17.6. The minimum absolute atomic E-state index is 0.103. The second-order valence-electron chi connectivity index (χ2n) is 8.23. The summed E-state index contributed by atoms with van der Waals surface area (Å²) in [6.45, 7) is 1.33. The summed E-state index contributed by atoms with van der Waals surface area (Å²) >= 11 is 17.4. The van der Waals surface area contributed by atoms with Crippen LogP contribution in [0.4, 0.5) is 36.4 Å². The van der Waals surface area contributed by atoms with Crippen LogP contribution in [0.15, 0.2) is 60.7 Å². The molecule has 1 N–H and O–H groups in total. The maximum absolute atomic E-state index is 15.0. The molecule has 0 aliphatic heterocycles. The lowest BCUT2D eigenvalue weighted by Crippen LogP contribution is -2.20. The molecule has 3 aromatic carbocycles. The first-order valence-corrected chi connectivity index (χ1v) is 11.8. The largest absolute Gasteiger partial charge is 0.417 e. The first kappa shape index (κ1) is 29.8. The first-order valence-electron chi connectivity index (χ1n) is 10.7. The average Bonchev–Trinajstić information content (AvgIpc) is 2.83. The van der Waals surface area contributed by atoms with Crippen LogP contribution in [0.2, 0.25) is 15.1 Å². The zero-order chi connectivity index (χ0) is 28.4. The Morgan fingerprint density at radius 3 is 2.03 bits per heavy atom. The van der Waals surface area contributed by atoms with Gasteiger partial charge in [-0.1, -0.05) is 64.6 Å². The Hall–Kier alpha value is -2.75. The fourth-order valence-electron chi connectivity index (χ4n) is 3.50. The van der Waals surface area contributed by atoms with E-state index in [-0.39, 0.29) is 21.1 Å². The van der Waals surface area contributed by atoms with E-state index in [1.54, 1.807) is 24.3 Å². The van der Waals surface area contributed by atoms with Gasteiger partial charge in [0.05, 0.1) is 27.2 Å². The van der Waals surface area contributed by atoms with Crippen molar-refractivity contribution in [1.82, 2.24) is 0 Å². The molecule has 202 valence electrons. The summed E-state index contributed by atoms with van der Waals surface area (Å²) in [5, 5.41) is 1.85. The van der Waals surface area contributed by atoms with Crippen LogP contribution in [-0.2, 0) is 6.18 Å². The van der Waals surface area contributed by atoms with E-state index in [1.165, 1.54) is 0 Å². The number of allylic oxidation sites excluding steroid dienone is 1. The number of anilines is 1. The normalized spacial score (nSPS) is 13.4. The summed E-state index contributed by atoms with van der Waals surface area (Å²) in [6.07, 6.45) is -10.0. The molecule has 0 heterocycles. The zero-order valence-electron chi connectivity index (χ0n) is 19.2. The molecule has 3 aromatic rings. The van der Waals surface area contributed by atoms with Gasteiger partial charge in [-0.15, -0.1) is 0 Å². The van der Waals surface area contributed by atoms with E-state index in [1.807, 2.05) is 6.92 Å². The van der Waals surface area contributed by atoms with Crippen molar-refractivity contribution in [1.29, 1.82) is 0 Å². The van der Waals surface area contributed by atoms with Gasteiger partial charge in [0, 0.05) is 16.8 Å². The van der Waals surface area contributed by atoms with Gasteiger partial charge in [0.1, 0.15) is 11.7 Å². The lowest BCUT2D eigenvalue weighted by Gasteiger charge is -2.19. The smallest absolute Gasteiger partial charge is 0.378 e. The van der Waals surface area contributed by atoms with E-state index in [2.05, 4.69) is 5.32 Å². The molecule has 3 rings (SSSR count). The highest BCUT2D eigenvalue weighted by Crippen LogP contribution is 2.42. The molecule has 0 aromatic heterocycles. The topological polar surface area (TPSA) is 29.1 Å². The molecule has 38 heavy (non-hydrogen) atoms. The van der Waals surface area contributed by atoms with Gasteiger partial charge in [0.2, 0.25) is 0 Å². The van der Waals surface area contributed by atoms with Crippen molar-refractivity contribution >= 4 is 52.1 Å². The second kappa shape index (κ2) is 11.6. The second-order valence-corrected chi connectivity index (χ2v) is 9.43. The summed E-state index contributed by atoms with van der Waals surface area (Å²) in [5.74, 6) is -5.16. The van der Waals surface area contributed by atoms with Crippen molar-refractivity contribution in [2.24, 2.45) is 0 Å². The van der Waals surface area contributed by atoms with Crippen LogP contribution in [0.5, 0.6) is 0 Å². The molecule has 0 aliphatic rings. The summed E-state index contributed by atoms with van der Waals surface area (Å²) in [4.78, 5) is 12.6. The number of carbonyl (C=O) groups is 1. The molecule has 0 saturated heterocycles. The SMILES string of the molecule is Cc1ccc(NCC(=O)c2ccc(/C(F)=C/C(c3cc(Cl)c(Cl)c(Cl)c3)C(F)(F)F)cc2C(F)(F)F)cc1. The van der Waals surface area contributed by atoms with E-state index in [0.29, 0.717) is 11.8 Å². The fourth-order valence-corrected chi connectivity index (χ4v) is 4.11. The molecule has 0 bridgehead atoms. The van der Waals surface area contributed by atoms with Gasteiger partial charge in [-0.25, -0.2) is 4.39 Å². The van der Waals surface area contributed by atoms with Crippen molar-refractivity contribution in [2.75, 3.05) is 11.9 Å². The number of ketones is 1. The molecule has 0 radical (unpaired) electrons. The van der Waals surface area contributed by atoms with Gasteiger partial charge < -0.3 is 5.32 Å². The van der Waals surface area contributed by atoms with Gasteiger partial charge >= 0.3 is 12.4 Å². The van der Waals surface area contributed by atoms with E-state index in [4.69, 9.17) is 34.8 Å². The number of aryl methyl sites for hydroxylation is 1. The fraction of sp³-hybridized carbons (Fsp3) is 0.192. The minimum Gasteiger partial charge on any atom is -0.378 e. The predicted octanol–water partition coefficient (Wildman–Crippen LogP) is 9.93. The van der Waals surface area contributed by atoms with Crippen molar-refractivity contribution in [3.63, 3.8) is 0 Å². The molecular formula is C26H17Cl3F7NO.